The van der Waals surface area contributed by atoms with Gasteiger partial charge in [0.1, 0.15) is 5.75 Å². The lowest BCUT2D eigenvalue weighted by molar-refractivity contribution is 0.282. The Morgan fingerprint density at radius 3 is 2.74 bits per heavy atom. The van der Waals surface area contributed by atoms with Crippen molar-refractivity contribution in [1.82, 2.24) is 5.32 Å². The van der Waals surface area contributed by atoms with Crippen molar-refractivity contribution in [2.75, 3.05) is 26.8 Å². The summed E-state index contributed by atoms with van der Waals surface area (Å²) >= 11 is 3.49. The van der Waals surface area contributed by atoms with Crippen molar-refractivity contribution in [3.8, 4) is 5.75 Å². The van der Waals surface area contributed by atoms with Gasteiger partial charge in [0.15, 0.2) is 0 Å². The Balaban J connectivity index is 2.52. The second-order valence-corrected chi connectivity index (χ2v) is 5.27. The highest BCUT2D eigenvalue weighted by atomic mass is 79.9. The maximum atomic E-state index is 8.72. The zero-order valence-electron chi connectivity index (χ0n) is 11.4. The van der Waals surface area contributed by atoms with Crippen LogP contribution in [-0.4, -0.2) is 31.9 Å². The van der Waals surface area contributed by atoms with Gasteiger partial charge in [0.2, 0.25) is 0 Å². The first-order chi connectivity index (χ1) is 9.22. The fraction of sp³-hybridized carbons (Fsp3) is 0.571. The quantitative estimate of drug-likeness (QED) is 0.607. The molecule has 4 N–H and O–H groups in total. The van der Waals surface area contributed by atoms with Crippen LogP contribution in [0.2, 0.25) is 0 Å². The standard InChI is InChI=1S/C14H23BrN2O2/c1-19-14-6-5-11(9-12(14)15)13(10-16)17-7-3-2-4-8-18/h5-6,9,13,17-18H,2-4,7-8,10,16H2,1H3. The molecule has 1 aromatic carbocycles. The lowest BCUT2D eigenvalue weighted by Crippen LogP contribution is -2.29. The molecule has 1 aromatic rings. The number of ether oxygens (including phenoxy) is 1. The van der Waals surface area contributed by atoms with Gasteiger partial charge in [-0.3, -0.25) is 0 Å². The third kappa shape index (κ3) is 5.48. The molecule has 1 rings (SSSR count). The van der Waals surface area contributed by atoms with Gasteiger partial charge in [-0.15, -0.1) is 0 Å². The van der Waals surface area contributed by atoms with E-state index in [1.54, 1.807) is 7.11 Å². The molecule has 4 nitrogen and oxygen atoms in total. The molecule has 108 valence electrons. The van der Waals surface area contributed by atoms with Crippen LogP contribution in [0.15, 0.2) is 22.7 Å². The van der Waals surface area contributed by atoms with E-state index >= 15 is 0 Å². The average molecular weight is 331 g/mol. The van der Waals surface area contributed by atoms with E-state index in [0.717, 1.165) is 41.6 Å². The molecular weight excluding hydrogens is 308 g/mol. The topological polar surface area (TPSA) is 67.5 Å². The Morgan fingerprint density at radius 2 is 2.16 bits per heavy atom. The van der Waals surface area contributed by atoms with Gasteiger partial charge >= 0.3 is 0 Å². The SMILES string of the molecule is COc1ccc(C(CN)NCCCCCO)cc1Br. The minimum Gasteiger partial charge on any atom is -0.496 e. The van der Waals surface area contributed by atoms with E-state index in [9.17, 15) is 0 Å². The molecule has 0 amide bonds. The first-order valence-corrected chi connectivity index (χ1v) is 7.40. The Hall–Kier alpha value is -0.620. The summed E-state index contributed by atoms with van der Waals surface area (Å²) in [6.07, 6.45) is 2.95. The van der Waals surface area contributed by atoms with E-state index < -0.39 is 0 Å². The summed E-state index contributed by atoms with van der Waals surface area (Å²) in [5.74, 6) is 0.822. The van der Waals surface area contributed by atoms with Gasteiger partial charge in [-0.2, -0.15) is 0 Å². The van der Waals surface area contributed by atoms with Crippen molar-refractivity contribution in [3.63, 3.8) is 0 Å². The van der Waals surface area contributed by atoms with Gasteiger partial charge in [-0.05, 0) is 59.4 Å². The molecule has 19 heavy (non-hydrogen) atoms. The monoisotopic (exact) mass is 330 g/mol. The largest absolute Gasteiger partial charge is 0.496 e. The number of methoxy groups -OCH3 is 1. The normalized spacial score (nSPS) is 12.4. The Bertz CT molecular complexity index is 374. The first kappa shape index (κ1) is 16.4. The van der Waals surface area contributed by atoms with Gasteiger partial charge in [-0.25, -0.2) is 0 Å². The van der Waals surface area contributed by atoms with Crippen molar-refractivity contribution in [3.05, 3.63) is 28.2 Å². The van der Waals surface area contributed by atoms with Gasteiger partial charge in [-0.1, -0.05) is 6.07 Å². The minimum atomic E-state index is 0.149. The van der Waals surface area contributed by atoms with Crippen molar-refractivity contribution < 1.29 is 9.84 Å². The van der Waals surface area contributed by atoms with Crippen LogP contribution in [0, 0.1) is 0 Å². The number of hydrogen-bond donors (Lipinski definition) is 3. The second kappa shape index (κ2) is 9.31. The molecule has 0 bridgehead atoms. The number of unbranched alkanes of at least 4 members (excludes halogenated alkanes) is 2. The number of hydrogen-bond acceptors (Lipinski definition) is 4. The molecule has 1 unspecified atom stereocenters. The molecule has 0 radical (unpaired) electrons. The van der Waals surface area contributed by atoms with E-state index in [0.29, 0.717) is 6.54 Å². The van der Waals surface area contributed by atoms with Crippen LogP contribution in [0.3, 0.4) is 0 Å². The molecule has 0 aliphatic heterocycles. The molecule has 0 saturated heterocycles. The zero-order chi connectivity index (χ0) is 14.1. The van der Waals surface area contributed by atoms with Crippen molar-refractivity contribution in [2.24, 2.45) is 5.73 Å². The molecular formula is C14H23BrN2O2. The lowest BCUT2D eigenvalue weighted by atomic mass is 10.1. The fourth-order valence-corrected chi connectivity index (χ4v) is 2.48. The predicted octanol–water partition coefficient (Wildman–Crippen LogP) is 2.21. The highest BCUT2D eigenvalue weighted by molar-refractivity contribution is 9.10. The fourth-order valence-electron chi connectivity index (χ4n) is 1.93. The number of nitrogens with one attached hydrogen (secondary N) is 1. The zero-order valence-corrected chi connectivity index (χ0v) is 12.9. The van der Waals surface area contributed by atoms with E-state index in [2.05, 4.69) is 21.2 Å². The molecule has 0 fully saturated rings. The van der Waals surface area contributed by atoms with Gasteiger partial charge < -0.3 is 20.9 Å². The third-order valence-electron chi connectivity index (χ3n) is 3.04. The number of aliphatic hydroxyl groups excluding tert-OH is 1. The van der Waals surface area contributed by atoms with Crippen molar-refractivity contribution >= 4 is 15.9 Å². The first-order valence-electron chi connectivity index (χ1n) is 6.60. The average Bonchev–Trinajstić information content (AvgIpc) is 2.43. The minimum absolute atomic E-state index is 0.149. The summed E-state index contributed by atoms with van der Waals surface area (Å²) in [5, 5.41) is 12.2. The summed E-state index contributed by atoms with van der Waals surface area (Å²) in [6, 6.07) is 6.16. The number of aliphatic hydroxyl groups is 1. The maximum Gasteiger partial charge on any atom is 0.133 e. The van der Waals surface area contributed by atoms with Crippen LogP contribution in [0.5, 0.6) is 5.75 Å². The lowest BCUT2D eigenvalue weighted by Gasteiger charge is -2.18. The molecule has 0 aliphatic rings. The molecule has 1 atom stereocenters. The van der Waals surface area contributed by atoms with Crippen LogP contribution in [0.4, 0.5) is 0 Å². The van der Waals surface area contributed by atoms with E-state index in [-0.39, 0.29) is 12.6 Å². The summed E-state index contributed by atoms with van der Waals surface area (Å²) < 4.78 is 6.15. The molecule has 0 aliphatic carbocycles. The van der Waals surface area contributed by atoms with Crippen molar-refractivity contribution in [1.29, 1.82) is 0 Å². The second-order valence-electron chi connectivity index (χ2n) is 4.42. The Morgan fingerprint density at radius 1 is 1.37 bits per heavy atom. The van der Waals surface area contributed by atoms with Gasteiger partial charge in [0, 0.05) is 19.2 Å². The van der Waals surface area contributed by atoms with E-state index in [1.807, 2.05) is 18.2 Å². The summed E-state index contributed by atoms with van der Waals surface area (Å²) in [6.45, 7) is 1.73. The van der Waals surface area contributed by atoms with Crippen LogP contribution in [0.25, 0.3) is 0 Å². The molecule has 0 heterocycles. The highest BCUT2D eigenvalue weighted by Gasteiger charge is 2.10. The molecule has 5 heteroatoms. The van der Waals surface area contributed by atoms with Crippen LogP contribution in [-0.2, 0) is 0 Å². The van der Waals surface area contributed by atoms with Crippen LogP contribution in [0.1, 0.15) is 30.9 Å². The number of nitrogens with two attached hydrogens (primary N) is 1. The van der Waals surface area contributed by atoms with Crippen LogP contribution < -0.4 is 15.8 Å². The summed E-state index contributed by atoms with van der Waals surface area (Å²) in [7, 11) is 1.65. The van der Waals surface area contributed by atoms with Crippen molar-refractivity contribution in [2.45, 2.75) is 25.3 Å². The van der Waals surface area contributed by atoms with Gasteiger partial charge in [0.05, 0.1) is 11.6 Å². The maximum absolute atomic E-state index is 8.72. The van der Waals surface area contributed by atoms with Crippen LogP contribution >= 0.6 is 15.9 Å². The number of halogens is 1. The summed E-state index contributed by atoms with van der Waals surface area (Å²) in [5.41, 5.74) is 6.97. The number of rotatable bonds is 9. The summed E-state index contributed by atoms with van der Waals surface area (Å²) in [4.78, 5) is 0. The molecule has 0 spiro atoms. The predicted molar refractivity (Wildman–Crippen MR) is 81.4 cm³/mol. The highest BCUT2D eigenvalue weighted by Crippen LogP contribution is 2.27. The third-order valence-corrected chi connectivity index (χ3v) is 3.66. The van der Waals surface area contributed by atoms with Gasteiger partial charge in [0.25, 0.3) is 0 Å². The van der Waals surface area contributed by atoms with E-state index in [4.69, 9.17) is 15.6 Å². The van der Waals surface area contributed by atoms with E-state index in [1.165, 1.54) is 0 Å². The molecule has 0 saturated carbocycles. The number of benzene rings is 1. The Labute approximate surface area is 123 Å². The Kier molecular flexibility index (Phi) is 8.05. The smallest absolute Gasteiger partial charge is 0.133 e. The molecule has 0 aromatic heterocycles.